The predicted octanol–water partition coefficient (Wildman–Crippen LogP) is 4.56. The maximum absolute atomic E-state index is 13.4. The molecule has 1 fully saturated rings. The van der Waals surface area contributed by atoms with Crippen LogP contribution in [0.15, 0.2) is 48.7 Å². The summed E-state index contributed by atoms with van der Waals surface area (Å²) < 4.78 is 7.18. The number of amides is 1. The van der Waals surface area contributed by atoms with Gasteiger partial charge in [-0.2, -0.15) is 0 Å². The first kappa shape index (κ1) is 25.5. The van der Waals surface area contributed by atoms with Gasteiger partial charge in [0.25, 0.3) is 0 Å². The van der Waals surface area contributed by atoms with Crippen LogP contribution in [0.1, 0.15) is 34.7 Å². The highest BCUT2D eigenvalue weighted by atomic mass is 32.1. The van der Waals surface area contributed by atoms with E-state index in [9.17, 15) is 9.59 Å². The van der Waals surface area contributed by atoms with Gasteiger partial charge in [0.05, 0.1) is 25.3 Å². The topological polar surface area (TPSA) is 101 Å². The van der Waals surface area contributed by atoms with Crippen LogP contribution in [0.4, 0.5) is 4.79 Å². The van der Waals surface area contributed by atoms with E-state index in [4.69, 9.17) is 19.8 Å². The second kappa shape index (κ2) is 10.8. The fraction of sp³-hybridized carbons (Fsp3) is 0.379. The molecule has 1 amide bonds. The van der Waals surface area contributed by atoms with Crippen molar-refractivity contribution in [1.82, 2.24) is 24.3 Å². The number of likely N-dealkylation sites (tertiary alicyclic amines) is 1. The third-order valence-electron chi connectivity index (χ3n) is 7.74. The van der Waals surface area contributed by atoms with E-state index in [1.807, 2.05) is 35.4 Å². The number of pyridine rings is 1. The van der Waals surface area contributed by atoms with Gasteiger partial charge >= 0.3 is 6.16 Å². The smallest absolute Gasteiger partial charge is 0.450 e. The van der Waals surface area contributed by atoms with Gasteiger partial charge in [0.15, 0.2) is 0 Å². The summed E-state index contributed by atoms with van der Waals surface area (Å²) in [4.78, 5) is 39.0. The van der Waals surface area contributed by atoms with Crippen LogP contribution < -0.4 is 0 Å². The van der Waals surface area contributed by atoms with Crippen molar-refractivity contribution in [3.63, 3.8) is 0 Å². The molecule has 39 heavy (non-hydrogen) atoms. The Balaban J connectivity index is 1.21. The molecule has 5 heterocycles. The number of ether oxygens (including phenoxy) is 1. The Bertz CT molecular complexity index is 1510. The Morgan fingerprint density at radius 2 is 1.90 bits per heavy atom. The third-order valence-corrected chi connectivity index (χ3v) is 8.93. The number of benzene rings is 1. The number of aromatic nitrogens is 3. The van der Waals surface area contributed by atoms with Crippen LogP contribution in [0.3, 0.4) is 0 Å². The molecule has 1 N–H and O–H groups in total. The molecule has 2 aliphatic rings. The van der Waals surface area contributed by atoms with E-state index in [1.54, 1.807) is 11.3 Å². The van der Waals surface area contributed by atoms with Crippen LogP contribution in [0.25, 0.3) is 21.6 Å². The second-order valence-electron chi connectivity index (χ2n) is 10.2. The number of carbonyl (C=O) groups excluding carboxylic acids is 1. The average molecular weight is 546 g/mol. The van der Waals surface area contributed by atoms with E-state index in [1.165, 1.54) is 10.4 Å². The van der Waals surface area contributed by atoms with E-state index in [-0.39, 0.29) is 12.0 Å². The number of rotatable bonds is 6. The van der Waals surface area contributed by atoms with Gasteiger partial charge in [0, 0.05) is 47.4 Å². The molecule has 2 aliphatic heterocycles. The Morgan fingerprint density at radius 1 is 1.10 bits per heavy atom. The molecule has 0 radical (unpaired) electrons. The summed E-state index contributed by atoms with van der Waals surface area (Å²) in [5, 5.41) is 11.0. The standard InChI is InChI=1S/C29H31N5O4S/c1-19-25(39-28(31-19)20-6-3-2-4-7-20)17-34-24-16-33(15-11-22(24)23-8-5-12-30-27(23)34)26(35)18-32-13-9-21(10-14-32)38-29(36)37/h2-8,12,21H,9-11,13-18H2,1H3,(H,36,37). The van der Waals surface area contributed by atoms with Crippen molar-refractivity contribution in [3.05, 3.63) is 70.5 Å². The quantitative estimate of drug-likeness (QED) is 0.355. The molecule has 202 valence electrons. The molecular weight excluding hydrogens is 514 g/mol. The second-order valence-corrected chi connectivity index (χ2v) is 11.3. The number of hydrogen-bond donors (Lipinski definition) is 1. The molecule has 6 rings (SSSR count). The van der Waals surface area contributed by atoms with Crippen LogP contribution >= 0.6 is 11.3 Å². The van der Waals surface area contributed by atoms with E-state index in [0.29, 0.717) is 52.1 Å². The highest BCUT2D eigenvalue weighted by Crippen LogP contribution is 2.34. The van der Waals surface area contributed by atoms with Gasteiger partial charge in [0.1, 0.15) is 16.8 Å². The van der Waals surface area contributed by atoms with E-state index < -0.39 is 6.16 Å². The number of carbonyl (C=O) groups is 2. The van der Waals surface area contributed by atoms with E-state index in [0.717, 1.165) is 39.4 Å². The van der Waals surface area contributed by atoms with E-state index in [2.05, 4.69) is 34.6 Å². The van der Waals surface area contributed by atoms with Crippen LogP contribution in [0, 0.1) is 6.92 Å². The molecule has 9 nitrogen and oxygen atoms in total. The number of thiazole rings is 1. The minimum atomic E-state index is -1.23. The minimum Gasteiger partial charge on any atom is -0.450 e. The zero-order chi connectivity index (χ0) is 26.9. The lowest BCUT2D eigenvalue weighted by Gasteiger charge is -2.34. The van der Waals surface area contributed by atoms with E-state index >= 15 is 0 Å². The molecule has 0 bridgehead atoms. The Kier molecular flexibility index (Phi) is 7.05. The van der Waals surface area contributed by atoms with Gasteiger partial charge in [-0.25, -0.2) is 14.8 Å². The Morgan fingerprint density at radius 3 is 2.67 bits per heavy atom. The maximum Gasteiger partial charge on any atom is 0.506 e. The lowest BCUT2D eigenvalue weighted by molar-refractivity contribution is -0.134. The Hall–Kier alpha value is -3.76. The molecule has 4 aromatic rings. The molecule has 3 aromatic heterocycles. The molecule has 0 saturated carbocycles. The molecular formula is C29H31N5O4S. The molecule has 10 heteroatoms. The van der Waals surface area contributed by atoms with Gasteiger partial charge in [-0.3, -0.25) is 9.69 Å². The van der Waals surface area contributed by atoms with Crippen molar-refractivity contribution < 1.29 is 19.4 Å². The minimum absolute atomic E-state index is 0.100. The van der Waals surface area contributed by atoms with Crippen molar-refractivity contribution in [2.75, 3.05) is 26.2 Å². The lowest BCUT2D eigenvalue weighted by atomic mass is 10.0. The monoisotopic (exact) mass is 545 g/mol. The summed E-state index contributed by atoms with van der Waals surface area (Å²) in [6.45, 7) is 5.59. The van der Waals surface area contributed by atoms with Gasteiger partial charge < -0.3 is 19.3 Å². The first-order chi connectivity index (χ1) is 19.0. The predicted molar refractivity (Wildman–Crippen MR) is 149 cm³/mol. The number of nitrogens with zero attached hydrogens (tertiary/aromatic N) is 5. The lowest BCUT2D eigenvalue weighted by Crippen LogP contribution is -2.46. The molecule has 0 aliphatic carbocycles. The first-order valence-electron chi connectivity index (χ1n) is 13.3. The summed E-state index contributed by atoms with van der Waals surface area (Å²) >= 11 is 1.71. The average Bonchev–Trinajstić information content (AvgIpc) is 3.47. The molecule has 1 saturated heterocycles. The number of carboxylic acid groups (broad SMARTS) is 1. The van der Waals surface area contributed by atoms with Gasteiger partial charge in [-0.05, 0) is 43.9 Å². The normalized spacial score (nSPS) is 16.4. The third kappa shape index (κ3) is 5.26. The molecule has 0 atom stereocenters. The van der Waals surface area contributed by atoms with Gasteiger partial charge in [-0.15, -0.1) is 11.3 Å². The molecule has 0 unspecified atom stereocenters. The number of aryl methyl sites for hydroxylation is 1. The van der Waals surface area contributed by atoms with Gasteiger partial charge in [-0.1, -0.05) is 30.3 Å². The van der Waals surface area contributed by atoms with Crippen LogP contribution in [-0.2, 0) is 29.0 Å². The fourth-order valence-electron chi connectivity index (χ4n) is 5.68. The zero-order valence-electron chi connectivity index (χ0n) is 21.9. The highest BCUT2D eigenvalue weighted by Gasteiger charge is 2.30. The maximum atomic E-state index is 13.4. The fourth-order valence-corrected chi connectivity index (χ4v) is 6.74. The summed E-state index contributed by atoms with van der Waals surface area (Å²) in [6.07, 6.45) is 2.34. The first-order valence-corrected chi connectivity index (χ1v) is 14.1. The largest absolute Gasteiger partial charge is 0.506 e. The summed E-state index contributed by atoms with van der Waals surface area (Å²) in [6, 6.07) is 14.4. The SMILES string of the molecule is Cc1nc(-c2ccccc2)sc1Cn1c2c(c3cccnc31)CCN(C(=O)CN1CCC(OC(=O)O)CC1)C2. The summed E-state index contributed by atoms with van der Waals surface area (Å²) in [7, 11) is 0. The van der Waals surface area contributed by atoms with Crippen molar-refractivity contribution in [3.8, 4) is 10.6 Å². The number of piperidine rings is 1. The van der Waals surface area contributed by atoms with Crippen molar-refractivity contribution in [2.24, 2.45) is 0 Å². The number of hydrogen-bond acceptors (Lipinski definition) is 7. The highest BCUT2D eigenvalue weighted by molar-refractivity contribution is 7.15. The molecule has 0 spiro atoms. The summed E-state index contributed by atoms with van der Waals surface area (Å²) in [5.74, 6) is 0.100. The van der Waals surface area contributed by atoms with Crippen LogP contribution in [-0.4, -0.2) is 73.8 Å². The Labute approximate surface area is 230 Å². The number of fused-ring (bicyclic) bond motifs is 3. The molecule has 1 aromatic carbocycles. The summed E-state index contributed by atoms with van der Waals surface area (Å²) in [5.41, 5.74) is 5.51. The van der Waals surface area contributed by atoms with Crippen molar-refractivity contribution in [1.29, 1.82) is 0 Å². The van der Waals surface area contributed by atoms with Gasteiger partial charge in [0.2, 0.25) is 5.91 Å². The van der Waals surface area contributed by atoms with Crippen molar-refractivity contribution in [2.45, 2.75) is 45.4 Å². The van der Waals surface area contributed by atoms with Crippen LogP contribution in [0.2, 0.25) is 0 Å². The van der Waals surface area contributed by atoms with Crippen molar-refractivity contribution >= 4 is 34.4 Å². The van der Waals surface area contributed by atoms with Crippen LogP contribution in [0.5, 0.6) is 0 Å². The zero-order valence-corrected chi connectivity index (χ0v) is 22.7.